The average molecular weight is 422 g/mol. The van der Waals surface area contributed by atoms with Crippen LogP contribution in [0, 0.1) is 11.6 Å². The Labute approximate surface area is 152 Å². The summed E-state index contributed by atoms with van der Waals surface area (Å²) >= 11 is 0. The molecule has 1 saturated heterocycles. The van der Waals surface area contributed by atoms with Crippen molar-refractivity contribution in [1.29, 1.82) is 0 Å². The molecular formula is C15H14F8N2O3. The summed E-state index contributed by atoms with van der Waals surface area (Å²) in [5.74, 6) is -5.88. The lowest BCUT2D eigenvalue weighted by Gasteiger charge is -2.39. The highest BCUT2D eigenvalue weighted by molar-refractivity contribution is 5.94. The standard InChI is InChI=1S/C13H13F5N2O.C2HF3O2/c14-8-3-7(4-9(15)5-8)12(21)20-6-10(19)1-2-11(20)13(16,17)18;3-2(4,5)1(6)7/h3-5,10-11H,1-2,6,19H2;(H,6,7). The summed E-state index contributed by atoms with van der Waals surface area (Å²) in [6, 6.07) is -0.625. The molecule has 1 aromatic carbocycles. The molecule has 0 bridgehead atoms. The summed E-state index contributed by atoms with van der Waals surface area (Å²) in [6.07, 6.45) is -9.89. The number of halogens is 8. The Balaban J connectivity index is 0.000000480. The maximum atomic E-state index is 13.1. The van der Waals surface area contributed by atoms with Gasteiger partial charge in [-0.15, -0.1) is 0 Å². The molecule has 158 valence electrons. The van der Waals surface area contributed by atoms with Crippen LogP contribution in [-0.2, 0) is 4.79 Å². The van der Waals surface area contributed by atoms with Crippen molar-refractivity contribution in [2.45, 2.75) is 37.3 Å². The lowest BCUT2D eigenvalue weighted by atomic mass is 9.97. The molecule has 28 heavy (non-hydrogen) atoms. The number of aliphatic carboxylic acids is 1. The Bertz CT molecular complexity index is 700. The molecule has 1 aromatic rings. The number of carbonyl (C=O) groups excluding carboxylic acids is 1. The van der Waals surface area contributed by atoms with Crippen molar-refractivity contribution >= 4 is 11.9 Å². The van der Waals surface area contributed by atoms with Crippen molar-refractivity contribution in [2.24, 2.45) is 5.73 Å². The number of likely N-dealkylation sites (tertiary alicyclic amines) is 1. The van der Waals surface area contributed by atoms with Crippen molar-refractivity contribution in [2.75, 3.05) is 6.54 Å². The van der Waals surface area contributed by atoms with Gasteiger partial charge in [0.05, 0.1) is 0 Å². The van der Waals surface area contributed by atoms with Crippen LogP contribution in [0.2, 0.25) is 0 Å². The lowest BCUT2D eigenvalue weighted by molar-refractivity contribution is -0.192. The molecule has 1 fully saturated rings. The zero-order valence-corrected chi connectivity index (χ0v) is 13.8. The van der Waals surface area contributed by atoms with E-state index in [2.05, 4.69) is 0 Å². The smallest absolute Gasteiger partial charge is 0.475 e. The van der Waals surface area contributed by atoms with Crippen LogP contribution < -0.4 is 5.73 Å². The molecular weight excluding hydrogens is 408 g/mol. The topological polar surface area (TPSA) is 83.6 Å². The molecule has 0 radical (unpaired) electrons. The van der Waals surface area contributed by atoms with Gasteiger partial charge >= 0.3 is 18.3 Å². The third-order valence-electron chi connectivity index (χ3n) is 3.61. The van der Waals surface area contributed by atoms with Crippen LogP contribution in [0.3, 0.4) is 0 Å². The number of hydrogen-bond acceptors (Lipinski definition) is 3. The summed E-state index contributed by atoms with van der Waals surface area (Å²) in [6.45, 7) is -0.304. The molecule has 1 heterocycles. The summed E-state index contributed by atoms with van der Waals surface area (Å²) in [4.78, 5) is 21.6. The van der Waals surface area contributed by atoms with E-state index >= 15 is 0 Å². The van der Waals surface area contributed by atoms with Crippen LogP contribution in [-0.4, -0.2) is 52.9 Å². The van der Waals surface area contributed by atoms with Crippen LogP contribution in [0.25, 0.3) is 0 Å². The average Bonchev–Trinajstić information content (AvgIpc) is 2.51. The first-order valence-corrected chi connectivity index (χ1v) is 7.52. The predicted octanol–water partition coefficient (Wildman–Crippen LogP) is 3.09. The van der Waals surface area contributed by atoms with Gasteiger partial charge in [-0.25, -0.2) is 13.6 Å². The van der Waals surface area contributed by atoms with E-state index in [4.69, 9.17) is 15.6 Å². The first-order chi connectivity index (χ1) is 12.6. The Morgan fingerprint density at radius 3 is 1.86 bits per heavy atom. The van der Waals surface area contributed by atoms with Crippen molar-refractivity contribution in [3.8, 4) is 0 Å². The van der Waals surface area contributed by atoms with Gasteiger partial charge in [0.2, 0.25) is 0 Å². The highest BCUT2D eigenvalue weighted by atomic mass is 19.4. The van der Waals surface area contributed by atoms with Crippen LogP contribution in [0.15, 0.2) is 18.2 Å². The predicted molar refractivity (Wildman–Crippen MR) is 78.1 cm³/mol. The van der Waals surface area contributed by atoms with Crippen LogP contribution in [0.1, 0.15) is 23.2 Å². The molecule has 3 N–H and O–H groups in total. The Kier molecular flexibility index (Phi) is 7.34. The summed E-state index contributed by atoms with van der Waals surface area (Å²) in [5, 5.41) is 7.12. The Morgan fingerprint density at radius 2 is 1.46 bits per heavy atom. The molecule has 1 aliphatic heterocycles. The van der Waals surface area contributed by atoms with E-state index in [1.54, 1.807) is 0 Å². The summed E-state index contributed by atoms with van der Waals surface area (Å²) in [7, 11) is 0. The van der Waals surface area contributed by atoms with Gasteiger partial charge in [0.1, 0.15) is 17.7 Å². The highest BCUT2D eigenvalue weighted by Crippen LogP contribution is 2.32. The van der Waals surface area contributed by atoms with Crippen LogP contribution >= 0.6 is 0 Å². The number of nitrogens with zero attached hydrogens (tertiary/aromatic N) is 1. The van der Waals surface area contributed by atoms with Gasteiger partial charge in [0, 0.05) is 24.2 Å². The highest BCUT2D eigenvalue weighted by Gasteiger charge is 2.47. The molecule has 0 aliphatic carbocycles. The Hall–Kier alpha value is -2.44. The number of carboxylic acid groups (broad SMARTS) is 1. The number of benzene rings is 1. The van der Waals surface area contributed by atoms with Crippen molar-refractivity contribution in [3.05, 3.63) is 35.4 Å². The van der Waals surface area contributed by atoms with E-state index in [1.807, 2.05) is 0 Å². The Morgan fingerprint density at radius 1 is 1.00 bits per heavy atom. The van der Waals surface area contributed by atoms with E-state index in [-0.39, 0.29) is 19.4 Å². The van der Waals surface area contributed by atoms with Crippen LogP contribution in [0.5, 0.6) is 0 Å². The molecule has 1 amide bonds. The van der Waals surface area contributed by atoms with Crippen LogP contribution in [0.4, 0.5) is 35.1 Å². The molecule has 0 aromatic heterocycles. The number of hydrogen-bond donors (Lipinski definition) is 2. The molecule has 0 spiro atoms. The quantitative estimate of drug-likeness (QED) is 0.682. The first-order valence-electron chi connectivity index (χ1n) is 7.52. The second-order valence-electron chi connectivity index (χ2n) is 5.81. The number of rotatable bonds is 1. The third-order valence-corrected chi connectivity index (χ3v) is 3.61. The number of carboxylic acids is 1. The van der Waals surface area contributed by atoms with Crippen molar-refractivity contribution in [3.63, 3.8) is 0 Å². The lowest BCUT2D eigenvalue weighted by Crippen LogP contribution is -2.56. The largest absolute Gasteiger partial charge is 0.490 e. The minimum Gasteiger partial charge on any atom is -0.475 e. The van der Waals surface area contributed by atoms with Crippen molar-refractivity contribution in [1.82, 2.24) is 4.90 Å². The molecule has 0 saturated carbocycles. The van der Waals surface area contributed by atoms with Gasteiger partial charge < -0.3 is 15.7 Å². The van der Waals surface area contributed by atoms with E-state index < -0.39 is 53.5 Å². The third kappa shape index (κ3) is 6.62. The fourth-order valence-corrected chi connectivity index (χ4v) is 2.41. The maximum absolute atomic E-state index is 13.1. The fourth-order valence-electron chi connectivity index (χ4n) is 2.41. The van der Waals surface area contributed by atoms with E-state index in [9.17, 15) is 39.9 Å². The minimum absolute atomic E-state index is 0.130. The molecule has 5 nitrogen and oxygen atoms in total. The summed E-state index contributed by atoms with van der Waals surface area (Å²) in [5.41, 5.74) is 5.13. The molecule has 2 unspecified atom stereocenters. The second-order valence-corrected chi connectivity index (χ2v) is 5.81. The van der Waals surface area contributed by atoms with E-state index in [0.717, 1.165) is 0 Å². The number of amides is 1. The number of carbonyl (C=O) groups is 2. The van der Waals surface area contributed by atoms with Gasteiger partial charge in [-0.05, 0) is 25.0 Å². The van der Waals surface area contributed by atoms with Gasteiger partial charge in [0.25, 0.3) is 5.91 Å². The summed E-state index contributed by atoms with van der Waals surface area (Å²) < 4.78 is 96.9. The minimum atomic E-state index is -5.08. The number of nitrogens with two attached hydrogens (primary N) is 1. The fraction of sp³-hybridized carbons (Fsp3) is 0.467. The van der Waals surface area contributed by atoms with Gasteiger partial charge in [0.15, 0.2) is 0 Å². The molecule has 2 atom stereocenters. The van der Waals surface area contributed by atoms with Crippen molar-refractivity contribution < 1.29 is 49.8 Å². The normalized spacial score (nSPS) is 20.2. The van der Waals surface area contributed by atoms with Gasteiger partial charge in [-0.2, -0.15) is 26.3 Å². The number of piperidine rings is 1. The zero-order valence-electron chi connectivity index (χ0n) is 13.8. The van der Waals surface area contributed by atoms with E-state index in [0.29, 0.717) is 23.1 Å². The SMILES string of the molecule is NC1CCC(C(F)(F)F)N(C(=O)c2cc(F)cc(F)c2)C1.O=C(O)C(F)(F)F. The molecule has 13 heteroatoms. The van der Waals surface area contributed by atoms with Gasteiger partial charge in [-0.1, -0.05) is 0 Å². The number of alkyl halides is 6. The maximum Gasteiger partial charge on any atom is 0.490 e. The second kappa shape index (κ2) is 8.71. The monoisotopic (exact) mass is 422 g/mol. The molecule has 1 aliphatic rings. The van der Waals surface area contributed by atoms with Gasteiger partial charge in [-0.3, -0.25) is 4.79 Å². The molecule has 2 rings (SSSR count). The zero-order chi connectivity index (χ0) is 21.9. The van der Waals surface area contributed by atoms with E-state index in [1.165, 1.54) is 0 Å². The first kappa shape index (κ1) is 23.6.